The lowest BCUT2D eigenvalue weighted by Gasteiger charge is -2.41. The molecule has 140 valence electrons. The molecule has 0 atom stereocenters. The first kappa shape index (κ1) is 17.5. The van der Waals surface area contributed by atoms with Crippen LogP contribution in [-0.2, 0) is 5.60 Å². The van der Waals surface area contributed by atoms with Gasteiger partial charge < -0.3 is 14.7 Å². The van der Waals surface area contributed by atoms with E-state index in [2.05, 4.69) is 15.2 Å². The van der Waals surface area contributed by atoms with Gasteiger partial charge in [0.25, 0.3) is 0 Å². The number of rotatable bonds is 5. The maximum Gasteiger partial charge on any atom is 0.119 e. The maximum absolute atomic E-state index is 10.0. The monoisotopic (exact) mass is 356 g/mol. The van der Waals surface area contributed by atoms with Crippen LogP contribution in [0.4, 0.5) is 0 Å². The van der Waals surface area contributed by atoms with Crippen molar-refractivity contribution in [2.24, 2.45) is 0 Å². The average molecular weight is 356 g/mol. The first-order chi connectivity index (χ1) is 12.5. The predicted octanol–water partition coefficient (Wildman–Crippen LogP) is 2.89. The summed E-state index contributed by atoms with van der Waals surface area (Å²) in [6, 6.07) is 8.76. The Balaban J connectivity index is 1.34. The van der Waals surface area contributed by atoms with Gasteiger partial charge in [0.1, 0.15) is 23.1 Å². The molecule has 4 rings (SSSR count). The number of benzene rings is 1. The van der Waals surface area contributed by atoms with Gasteiger partial charge in [-0.2, -0.15) is 0 Å². The van der Waals surface area contributed by atoms with Crippen LogP contribution in [0.3, 0.4) is 0 Å². The molecule has 0 spiro atoms. The Morgan fingerprint density at radius 3 is 2.31 bits per heavy atom. The molecule has 0 amide bonds. The second-order valence-corrected chi connectivity index (χ2v) is 8.04. The Kier molecular flexibility index (Phi) is 4.71. The highest BCUT2D eigenvalue weighted by atomic mass is 16.5. The van der Waals surface area contributed by atoms with E-state index in [4.69, 9.17) is 4.74 Å². The summed E-state index contributed by atoms with van der Waals surface area (Å²) in [5.41, 5.74) is 0.464. The molecule has 1 aliphatic heterocycles. The molecule has 1 N–H and O–H groups in total. The Morgan fingerprint density at radius 1 is 1.08 bits per heavy atom. The van der Waals surface area contributed by atoms with Gasteiger partial charge in [-0.1, -0.05) is 11.6 Å². The van der Waals surface area contributed by atoms with Gasteiger partial charge in [0.05, 0.1) is 11.9 Å². The van der Waals surface area contributed by atoms with E-state index >= 15 is 0 Å². The number of nitrogens with zero attached hydrogens (tertiary/aromatic N) is 4. The van der Waals surface area contributed by atoms with E-state index in [1.54, 1.807) is 24.7 Å². The third kappa shape index (κ3) is 3.76. The van der Waals surface area contributed by atoms with Gasteiger partial charge in [-0.15, -0.1) is 5.10 Å². The number of piperidine rings is 1. The van der Waals surface area contributed by atoms with Crippen LogP contribution in [-0.4, -0.2) is 50.2 Å². The summed E-state index contributed by atoms with van der Waals surface area (Å²) >= 11 is 0. The van der Waals surface area contributed by atoms with Gasteiger partial charge >= 0.3 is 0 Å². The topological polar surface area (TPSA) is 63.4 Å². The molecule has 1 aromatic heterocycles. The fourth-order valence-corrected chi connectivity index (χ4v) is 3.65. The maximum atomic E-state index is 10.0. The Hall–Kier alpha value is -1.92. The molecule has 1 aliphatic carbocycles. The molecule has 6 heteroatoms. The van der Waals surface area contributed by atoms with Crippen molar-refractivity contribution in [1.29, 1.82) is 0 Å². The van der Waals surface area contributed by atoms with E-state index < -0.39 is 5.60 Å². The summed E-state index contributed by atoms with van der Waals surface area (Å²) in [4.78, 5) is 2.64. The number of aromatic nitrogens is 3. The summed E-state index contributed by atoms with van der Waals surface area (Å²) in [7, 11) is 0. The third-order valence-electron chi connectivity index (χ3n) is 5.59. The van der Waals surface area contributed by atoms with Crippen molar-refractivity contribution in [3.8, 4) is 11.4 Å². The molecule has 0 unspecified atom stereocenters. The zero-order chi connectivity index (χ0) is 18.1. The Bertz CT molecular complexity index is 723. The molecule has 1 saturated carbocycles. The summed E-state index contributed by atoms with van der Waals surface area (Å²) in [6.45, 7) is 5.72. The first-order valence-corrected chi connectivity index (χ1v) is 9.65. The summed E-state index contributed by atoms with van der Waals surface area (Å²) in [5.74, 6) is 0.902. The number of hydrogen-bond donors (Lipinski definition) is 1. The lowest BCUT2D eigenvalue weighted by molar-refractivity contribution is 0.0493. The van der Waals surface area contributed by atoms with Gasteiger partial charge in [0.2, 0.25) is 0 Å². The van der Waals surface area contributed by atoms with Gasteiger partial charge in [0.15, 0.2) is 0 Å². The van der Waals surface area contributed by atoms with Crippen LogP contribution >= 0.6 is 0 Å². The average Bonchev–Trinajstić information content (AvgIpc) is 3.06. The van der Waals surface area contributed by atoms with E-state index in [0.717, 1.165) is 43.4 Å². The van der Waals surface area contributed by atoms with Crippen molar-refractivity contribution in [2.75, 3.05) is 13.1 Å². The second-order valence-electron chi connectivity index (χ2n) is 8.04. The standard InChI is InChI=1S/C20H28N4O2/c1-20(2,25)19-14-24(22-21-19)16-6-8-17(9-7-16)26-18-10-12-23(13-11-18)15-4-3-5-15/h6-9,14-15,18,25H,3-5,10-13H2,1-2H3. The smallest absolute Gasteiger partial charge is 0.119 e. The summed E-state index contributed by atoms with van der Waals surface area (Å²) in [5, 5.41) is 18.1. The van der Waals surface area contributed by atoms with E-state index in [0.29, 0.717) is 11.8 Å². The van der Waals surface area contributed by atoms with Crippen molar-refractivity contribution in [1.82, 2.24) is 19.9 Å². The molecule has 0 radical (unpaired) electrons. The Morgan fingerprint density at radius 2 is 1.77 bits per heavy atom. The largest absolute Gasteiger partial charge is 0.490 e. The minimum atomic E-state index is -0.990. The van der Waals surface area contributed by atoms with E-state index in [1.807, 2.05) is 24.3 Å². The lowest BCUT2D eigenvalue weighted by atomic mass is 9.90. The van der Waals surface area contributed by atoms with Crippen molar-refractivity contribution in [3.05, 3.63) is 36.2 Å². The van der Waals surface area contributed by atoms with Crippen molar-refractivity contribution >= 4 is 0 Å². The van der Waals surface area contributed by atoms with Crippen LogP contribution in [0.1, 0.15) is 51.6 Å². The van der Waals surface area contributed by atoms with E-state index in [9.17, 15) is 5.11 Å². The summed E-state index contributed by atoms with van der Waals surface area (Å²) < 4.78 is 7.85. The third-order valence-corrected chi connectivity index (χ3v) is 5.59. The van der Waals surface area contributed by atoms with Crippen LogP contribution in [0, 0.1) is 0 Å². The zero-order valence-electron chi connectivity index (χ0n) is 15.6. The summed E-state index contributed by atoms with van der Waals surface area (Å²) in [6.07, 6.45) is 8.44. The first-order valence-electron chi connectivity index (χ1n) is 9.65. The van der Waals surface area contributed by atoms with E-state index in [1.165, 1.54) is 19.3 Å². The molecule has 26 heavy (non-hydrogen) atoms. The molecular weight excluding hydrogens is 328 g/mol. The second kappa shape index (κ2) is 7.00. The molecule has 6 nitrogen and oxygen atoms in total. The molecule has 2 aromatic rings. The molecule has 1 aromatic carbocycles. The highest BCUT2D eigenvalue weighted by Crippen LogP contribution is 2.28. The molecule has 2 fully saturated rings. The van der Waals surface area contributed by atoms with Crippen LogP contribution < -0.4 is 4.74 Å². The normalized spacial score (nSPS) is 20.1. The molecule has 2 aliphatic rings. The quantitative estimate of drug-likeness (QED) is 0.892. The number of likely N-dealkylation sites (tertiary alicyclic amines) is 1. The zero-order valence-corrected chi connectivity index (χ0v) is 15.6. The van der Waals surface area contributed by atoms with Crippen LogP contribution in [0.25, 0.3) is 5.69 Å². The minimum absolute atomic E-state index is 0.310. The molecule has 0 bridgehead atoms. The molecule has 1 saturated heterocycles. The van der Waals surface area contributed by atoms with Crippen LogP contribution in [0.5, 0.6) is 5.75 Å². The molecule has 2 heterocycles. The number of hydrogen-bond acceptors (Lipinski definition) is 5. The SMILES string of the molecule is CC(C)(O)c1cn(-c2ccc(OC3CCN(C4CCC4)CC3)cc2)nn1. The van der Waals surface area contributed by atoms with Crippen molar-refractivity contribution in [3.63, 3.8) is 0 Å². The van der Waals surface area contributed by atoms with Gasteiger partial charge in [-0.25, -0.2) is 4.68 Å². The lowest BCUT2D eigenvalue weighted by Crippen LogP contribution is -2.46. The van der Waals surface area contributed by atoms with Crippen molar-refractivity contribution in [2.45, 2.75) is 63.7 Å². The van der Waals surface area contributed by atoms with E-state index in [-0.39, 0.29) is 0 Å². The fourth-order valence-electron chi connectivity index (χ4n) is 3.65. The Labute approximate surface area is 154 Å². The van der Waals surface area contributed by atoms with Gasteiger partial charge in [-0.05, 0) is 63.8 Å². The molecular formula is C20H28N4O2. The van der Waals surface area contributed by atoms with Crippen LogP contribution in [0.15, 0.2) is 30.5 Å². The van der Waals surface area contributed by atoms with Crippen LogP contribution in [0.2, 0.25) is 0 Å². The fraction of sp³-hybridized carbons (Fsp3) is 0.600. The minimum Gasteiger partial charge on any atom is -0.490 e. The van der Waals surface area contributed by atoms with Gasteiger partial charge in [-0.3, -0.25) is 0 Å². The number of ether oxygens (including phenoxy) is 1. The highest BCUT2D eigenvalue weighted by Gasteiger charge is 2.29. The van der Waals surface area contributed by atoms with Gasteiger partial charge in [0, 0.05) is 19.1 Å². The highest BCUT2D eigenvalue weighted by molar-refractivity contribution is 5.37. The van der Waals surface area contributed by atoms with Crippen molar-refractivity contribution < 1.29 is 9.84 Å². The number of aliphatic hydroxyl groups is 1. The predicted molar refractivity (Wildman–Crippen MR) is 99.5 cm³/mol.